The molecular weight excluding hydrogens is 439 g/mol. The number of benzene rings is 2. The van der Waals surface area contributed by atoms with Gasteiger partial charge in [-0.05, 0) is 35.9 Å². The van der Waals surface area contributed by atoms with Crippen molar-refractivity contribution in [3.63, 3.8) is 0 Å². The first-order chi connectivity index (χ1) is 15.1. The molecule has 1 N–H and O–H groups in total. The largest absolute Gasteiger partial charge is 0.470 e. The smallest absolute Gasteiger partial charge is 0.276 e. The molecule has 1 saturated heterocycles. The Labute approximate surface area is 190 Å². The van der Waals surface area contributed by atoms with Crippen LogP contribution in [0.2, 0.25) is 10.0 Å². The molecule has 7 nitrogen and oxygen atoms in total. The lowest BCUT2D eigenvalue weighted by atomic mass is 10.2. The molecule has 0 aliphatic carbocycles. The van der Waals surface area contributed by atoms with Crippen molar-refractivity contribution in [3.05, 3.63) is 76.0 Å². The maximum Gasteiger partial charge on any atom is 0.276 e. The summed E-state index contributed by atoms with van der Waals surface area (Å²) in [6, 6.07) is 14.6. The summed E-state index contributed by atoms with van der Waals surface area (Å²) in [6.45, 7) is 4.26. The van der Waals surface area contributed by atoms with Crippen molar-refractivity contribution in [1.29, 1.82) is 0 Å². The van der Waals surface area contributed by atoms with Gasteiger partial charge < -0.3 is 14.8 Å². The van der Waals surface area contributed by atoms with Crippen molar-refractivity contribution in [3.8, 4) is 5.75 Å². The zero-order valence-electron chi connectivity index (χ0n) is 16.8. The first kappa shape index (κ1) is 21.6. The maximum absolute atomic E-state index is 12.6. The molecule has 1 fully saturated rings. The molecule has 0 saturated carbocycles. The number of ether oxygens (including phenoxy) is 2. The molecule has 9 heteroatoms. The third kappa shape index (κ3) is 5.77. The Balaban J connectivity index is 1.34. The molecule has 31 heavy (non-hydrogen) atoms. The van der Waals surface area contributed by atoms with Crippen LogP contribution in [0.3, 0.4) is 0 Å². The molecular formula is C22H22Cl2N4O3. The minimum Gasteiger partial charge on any atom is -0.470 e. The number of carbonyl (C=O) groups is 1. The van der Waals surface area contributed by atoms with E-state index >= 15 is 0 Å². The fourth-order valence-corrected chi connectivity index (χ4v) is 3.59. The van der Waals surface area contributed by atoms with Crippen molar-refractivity contribution in [2.75, 3.05) is 31.6 Å². The number of amides is 1. The van der Waals surface area contributed by atoms with Crippen LogP contribution in [0.1, 0.15) is 16.1 Å². The van der Waals surface area contributed by atoms with Crippen LogP contribution >= 0.6 is 23.2 Å². The SMILES string of the molecule is O=C(Nc1cccc(CN2CCOCC2)c1)c1ccn(COc2cccc(Cl)c2Cl)n1. The molecule has 0 radical (unpaired) electrons. The maximum atomic E-state index is 12.6. The fourth-order valence-electron chi connectivity index (χ4n) is 3.25. The van der Waals surface area contributed by atoms with Gasteiger partial charge in [0.15, 0.2) is 12.4 Å². The number of aromatic nitrogens is 2. The lowest BCUT2D eigenvalue weighted by Gasteiger charge is -2.26. The summed E-state index contributed by atoms with van der Waals surface area (Å²) < 4.78 is 12.5. The van der Waals surface area contributed by atoms with E-state index < -0.39 is 0 Å². The number of nitrogens with one attached hydrogen (secondary N) is 1. The highest BCUT2D eigenvalue weighted by molar-refractivity contribution is 6.42. The van der Waals surface area contributed by atoms with Crippen molar-refractivity contribution in [1.82, 2.24) is 14.7 Å². The number of anilines is 1. The Morgan fingerprint density at radius 1 is 1.13 bits per heavy atom. The van der Waals surface area contributed by atoms with Crippen LogP contribution < -0.4 is 10.1 Å². The lowest BCUT2D eigenvalue weighted by Crippen LogP contribution is -2.35. The molecule has 162 valence electrons. The molecule has 0 atom stereocenters. The molecule has 1 aromatic heterocycles. The third-order valence-corrected chi connectivity index (χ3v) is 5.64. The number of hydrogen-bond acceptors (Lipinski definition) is 5. The number of nitrogens with zero attached hydrogens (tertiary/aromatic N) is 3. The quantitative estimate of drug-likeness (QED) is 0.568. The minimum absolute atomic E-state index is 0.0996. The second kappa shape index (κ2) is 10.2. The summed E-state index contributed by atoms with van der Waals surface area (Å²) in [5.41, 5.74) is 2.16. The van der Waals surface area contributed by atoms with Crippen LogP contribution in [0.5, 0.6) is 5.75 Å². The molecule has 1 amide bonds. The van der Waals surface area contributed by atoms with Crippen LogP contribution in [0.4, 0.5) is 5.69 Å². The Hall–Kier alpha value is -2.58. The zero-order valence-corrected chi connectivity index (χ0v) is 18.3. The van der Waals surface area contributed by atoms with Gasteiger partial charge in [0.05, 0.1) is 18.2 Å². The summed E-state index contributed by atoms with van der Waals surface area (Å²) in [5.74, 6) is 0.163. The predicted octanol–water partition coefficient (Wildman–Crippen LogP) is 4.31. The Morgan fingerprint density at radius 3 is 2.77 bits per heavy atom. The molecule has 1 aliphatic heterocycles. The molecule has 2 aromatic carbocycles. The van der Waals surface area contributed by atoms with E-state index in [0.29, 0.717) is 21.5 Å². The molecule has 2 heterocycles. The van der Waals surface area contributed by atoms with Crippen LogP contribution in [-0.4, -0.2) is 46.9 Å². The normalized spacial score (nSPS) is 14.4. The molecule has 0 bridgehead atoms. The Morgan fingerprint density at radius 2 is 1.94 bits per heavy atom. The second-order valence-electron chi connectivity index (χ2n) is 7.11. The summed E-state index contributed by atoms with van der Waals surface area (Å²) in [5, 5.41) is 7.92. The topological polar surface area (TPSA) is 68.6 Å². The molecule has 4 rings (SSSR count). The summed E-state index contributed by atoms with van der Waals surface area (Å²) in [7, 11) is 0. The molecule has 3 aromatic rings. The third-order valence-electron chi connectivity index (χ3n) is 4.84. The van der Waals surface area contributed by atoms with Gasteiger partial charge in [-0.2, -0.15) is 5.10 Å². The van der Waals surface area contributed by atoms with Gasteiger partial charge >= 0.3 is 0 Å². The monoisotopic (exact) mass is 460 g/mol. The minimum atomic E-state index is -0.289. The van der Waals surface area contributed by atoms with E-state index in [4.69, 9.17) is 32.7 Å². The van der Waals surface area contributed by atoms with Gasteiger partial charge in [-0.1, -0.05) is 41.4 Å². The average molecular weight is 461 g/mol. The van der Waals surface area contributed by atoms with E-state index in [9.17, 15) is 4.79 Å². The van der Waals surface area contributed by atoms with Crippen molar-refractivity contribution < 1.29 is 14.3 Å². The standard InChI is InChI=1S/C22H22Cl2N4O3/c23-18-5-2-6-20(21(18)24)31-15-28-8-7-19(26-28)22(29)25-17-4-1-3-16(13-17)14-27-9-11-30-12-10-27/h1-8,13H,9-12,14-15H2,(H,25,29). The fraction of sp³-hybridized carbons (Fsp3) is 0.273. The molecule has 0 unspecified atom stereocenters. The van der Waals surface area contributed by atoms with Crippen molar-refractivity contribution in [2.45, 2.75) is 13.3 Å². The predicted molar refractivity (Wildman–Crippen MR) is 120 cm³/mol. The van der Waals surface area contributed by atoms with Gasteiger partial charge in [0.25, 0.3) is 5.91 Å². The zero-order chi connectivity index (χ0) is 21.6. The lowest BCUT2D eigenvalue weighted by molar-refractivity contribution is 0.0342. The molecule has 0 spiro atoms. The number of morpholine rings is 1. The number of carbonyl (C=O) groups excluding carboxylic acids is 1. The van der Waals surface area contributed by atoms with E-state index in [1.807, 2.05) is 18.2 Å². The number of rotatable bonds is 7. The van der Waals surface area contributed by atoms with Gasteiger partial charge in [-0.25, -0.2) is 4.68 Å². The van der Waals surface area contributed by atoms with E-state index in [2.05, 4.69) is 21.4 Å². The van der Waals surface area contributed by atoms with Crippen molar-refractivity contribution in [2.24, 2.45) is 0 Å². The Kier molecular flexibility index (Phi) is 7.09. The first-order valence-electron chi connectivity index (χ1n) is 9.89. The molecule has 1 aliphatic rings. The summed E-state index contributed by atoms with van der Waals surface area (Å²) in [6.07, 6.45) is 1.67. The van der Waals surface area contributed by atoms with Crippen LogP contribution in [0, 0.1) is 0 Å². The second-order valence-corrected chi connectivity index (χ2v) is 7.89. The van der Waals surface area contributed by atoms with Gasteiger partial charge in [0.2, 0.25) is 0 Å². The highest BCUT2D eigenvalue weighted by atomic mass is 35.5. The van der Waals surface area contributed by atoms with Crippen molar-refractivity contribution >= 4 is 34.8 Å². The highest BCUT2D eigenvalue weighted by Crippen LogP contribution is 2.31. The summed E-state index contributed by atoms with van der Waals surface area (Å²) in [4.78, 5) is 14.9. The van der Waals surface area contributed by atoms with Crippen LogP contribution in [-0.2, 0) is 18.0 Å². The van der Waals surface area contributed by atoms with Crippen LogP contribution in [0.25, 0.3) is 0 Å². The van der Waals surface area contributed by atoms with E-state index in [1.165, 1.54) is 4.68 Å². The van der Waals surface area contributed by atoms with E-state index in [1.54, 1.807) is 30.5 Å². The number of halogens is 2. The highest BCUT2D eigenvalue weighted by Gasteiger charge is 2.13. The average Bonchev–Trinajstić information content (AvgIpc) is 3.25. The Bertz CT molecular complexity index is 1050. The van der Waals surface area contributed by atoms with Crippen LogP contribution in [0.15, 0.2) is 54.7 Å². The summed E-state index contributed by atoms with van der Waals surface area (Å²) >= 11 is 12.1. The number of hydrogen-bond donors (Lipinski definition) is 1. The van der Waals surface area contributed by atoms with E-state index in [-0.39, 0.29) is 12.6 Å². The van der Waals surface area contributed by atoms with Gasteiger partial charge in [-0.3, -0.25) is 9.69 Å². The van der Waals surface area contributed by atoms with Gasteiger partial charge in [-0.15, -0.1) is 0 Å². The van der Waals surface area contributed by atoms with E-state index in [0.717, 1.165) is 44.1 Å². The van der Waals surface area contributed by atoms with Gasteiger partial charge in [0.1, 0.15) is 10.8 Å². The first-order valence-corrected chi connectivity index (χ1v) is 10.6. The van der Waals surface area contributed by atoms with Gasteiger partial charge in [0, 0.05) is 31.5 Å².